The third kappa shape index (κ3) is 7.55. The summed E-state index contributed by atoms with van der Waals surface area (Å²) in [5.41, 5.74) is 2.39. The summed E-state index contributed by atoms with van der Waals surface area (Å²) in [7, 11) is 1.33. The Morgan fingerprint density at radius 2 is 1.64 bits per heavy atom. The maximum absolute atomic E-state index is 12.2. The highest BCUT2D eigenvalue weighted by Gasteiger charge is 2.09. The molecule has 1 heterocycles. The first kappa shape index (κ1) is 23.6. The second-order valence-corrected chi connectivity index (χ2v) is 7.80. The fraction of sp³-hybridized carbons (Fsp3) is 0.167. The molecule has 0 aliphatic carbocycles. The minimum absolute atomic E-state index is 0.107. The second-order valence-electron chi connectivity index (χ2n) is 6.82. The Balaban J connectivity index is 1.51. The van der Waals surface area contributed by atoms with Gasteiger partial charge in [-0.1, -0.05) is 29.1 Å². The Kier molecular flexibility index (Phi) is 8.27. The standard InChI is InChI=1S/C24H21N3O5S/c1-16-11-21(27-32-16)26-23(29)15-33-14-22(28)25-20-8-4-6-18(13-20)10-9-17-5-3-7-19(12-17)24(30)31-2/h3-8,11-13H,14-15H2,1-2H3,(H,25,28)(H,26,27,29). The molecule has 1 aromatic heterocycles. The molecule has 168 valence electrons. The van der Waals surface area contributed by atoms with Crippen molar-refractivity contribution in [2.45, 2.75) is 6.92 Å². The number of aromatic nitrogens is 1. The molecule has 2 N–H and O–H groups in total. The van der Waals surface area contributed by atoms with Gasteiger partial charge in [-0.2, -0.15) is 0 Å². The number of hydrogen-bond acceptors (Lipinski definition) is 7. The summed E-state index contributed by atoms with van der Waals surface area (Å²) in [5.74, 6) is 6.25. The van der Waals surface area contributed by atoms with Crippen LogP contribution in [-0.4, -0.2) is 41.6 Å². The lowest BCUT2D eigenvalue weighted by Crippen LogP contribution is -2.18. The molecule has 0 unspecified atom stereocenters. The largest absolute Gasteiger partial charge is 0.465 e. The predicted octanol–water partition coefficient (Wildman–Crippen LogP) is 3.48. The van der Waals surface area contributed by atoms with Crippen molar-refractivity contribution in [2.24, 2.45) is 0 Å². The van der Waals surface area contributed by atoms with Crippen LogP contribution in [0.5, 0.6) is 0 Å². The van der Waals surface area contributed by atoms with E-state index in [0.717, 1.165) is 0 Å². The van der Waals surface area contributed by atoms with Gasteiger partial charge >= 0.3 is 5.97 Å². The first-order valence-electron chi connectivity index (χ1n) is 9.84. The van der Waals surface area contributed by atoms with E-state index in [4.69, 9.17) is 9.26 Å². The fourth-order valence-electron chi connectivity index (χ4n) is 2.70. The number of benzene rings is 2. The number of thioether (sulfide) groups is 1. The summed E-state index contributed by atoms with van der Waals surface area (Å²) in [6.07, 6.45) is 0. The van der Waals surface area contributed by atoms with Crippen LogP contribution < -0.4 is 10.6 Å². The van der Waals surface area contributed by atoms with E-state index in [-0.39, 0.29) is 23.3 Å². The normalized spacial score (nSPS) is 10.0. The van der Waals surface area contributed by atoms with Crippen LogP contribution in [0, 0.1) is 18.8 Å². The number of hydrogen-bond donors (Lipinski definition) is 2. The topological polar surface area (TPSA) is 111 Å². The number of aryl methyl sites for hydroxylation is 1. The Labute approximate surface area is 195 Å². The first-order chi connectivity index (χ1) is 15.9. The number of carbonyl (C=O) groups excluding carboxylic acids is 3. The molecule has 33 heavy (non-hydrogen) atoms. The fourth-order valence-corrected chi connectivity index (χ4v) is 3.32. The van der Waals surface area contributed by atoms with Crippen molar-refractivity contribution in [3.63, 3.8) is 0 Å². The van der Waals surface area contributed by atoms with Crippen LogP contribution in [-0.2, 0) is 14.3 Å². The molecule has 3 aromatic rings. The van der Waals surface area contributed by atoms with Crippen LogP contribution >= 0.6 is 11.8 Å². The highest BCUT2D eigenvalue weighted by Crippen LogP contribution is 2.13. The third-order valence-electron chi connectivity index (χ3n) is 4.14. The second kappa shape index (κ2) is 11.5. The Hall–Kier alpha value is -4.03. The average Bonchev–Trinajstić information content (AvgIpc) is 3.21. The van der Waals surface area contributed by atoms with E-state index in [0.29, 0.717) is 34.0 Å². The van der Waals surface area contributed by atoms with Crippen LogP contribution in [0.4, 0.5) is 11.5 Å². The van der Waals surface area contributed by atoms with Gasteiger partial charge in [0.25, 0.3) is 0 Å². The number of nitrogens with zero attached hydrogens (tertiary/aromatic N) is 1. The van der Waals surface area contributed by atoms with Gasteiger partial charge in [-0.3, -0.25) is 9.59 Å². The molecular weight excluding hydrogens is 442 g/mol. The molecule has 0 aliphatic rings. The van der Waals surface area contributed by atoms with E-state index in [1.54, 1.807) is 55.5 Å². The molecule has 8 nitrogen and oxygen atoms in total. The number of nitrogens with one attached hydrogen (secondary N) is 2. The molecule has 0 saturated carbocycles. The van der Waals surface area contributed by atoms with Gasteiger partial charge in [0.15, 0.2) is 5.82 Å². The van der Waals surface area contributed by atoms with Crippen molar-refractivity contribution in [2.75, 3.05) is 29.2 Å². The quantitative estimate of drug-likeness (QED) is 0.408. The first-order valence-corrected chi connectivity index (χ1v) is 11.0. The summed E-state index contributed by atoms with van der Waals surface area (Å²) in [5, 5.41) is 9.07. The maximum Gasteiger partial charge on any atom is 0.337 e. The molecule has 0 atom stereocenters. The Bertz CT molecular complexity index is 1230. The summed E-state index contributed by atoms with van der Waals surface area (Å²) >= 11 is 1.18. The minimum Gasteiger partial charge on any atom is -0.465 e. The molecular formula is C24H21N3O5S. The van der Waals surface area contributed by atoms with E-state index in [1.165, 1.54) is 18.9 Å². The monoisotopic (exact) mass is 463 g/mol. The summed E-state index contributed by atoms with van der Waals surface area (Å²) in [6, 6.07) is 15.6. The third-order valence-corrected chi connectivity index (χ3v) is 5.08. The van der Waals surface area contributed by atoms with Gasteiger partial charge in [-0.05, 0) is 43.3 Å². The maximum atomic E-state index is 12.2. The average molecular weight is 464 g/mol. The van der Waals surface area contributed by atoms with Crippen LogP contribution in [0.1, 0.15) is 27.2 Å². The van der Waals surface area contributed by atoms with E-state index < -0.39 is 5.97 Å². The lowest BCUT2D eigenvalue weighted by molar-refractivity contribution is -0.114. The zero-order valence-electron chi connectivity index (χ0n) is 18.0. The number of esters is 1. The molecule has 2 aromatic carbocycles. The SMILES string of the molecule is COC(=O)c1cccc(C#Cc2cccc(NC(=O)CSCC(=O)Nc3cc(C)on3)c2)c1. The Morgan fingerprint density at radius 1 is 0.970 bits per heavy atom. The van der Waals surface area contributed by atoms with Crippen molar-refractivity contribution >= 4 is 41.1 Å². The molecule has 2 amide bonds. The smallest absolute Gasteiger partial charge is 0.337 e. The molecule has 0 spiro atoms. The predicted molar refractivity (Wildman–Crippen MR) is 126 cm³/mol. The molecule has 0 aliphatic heterocycles. The van der Waals surface area contributed by atoms with Crippen molar-refractivity contribution in [1.29, 1.82) is 0 Å². The molecule has 0 bridgehead atoms. The van der Waals surface area contributed by atoms with Gasteiger partial charge < -0.3 is 19.9 Å². The highest BCUT2D eigenvalue weighted by atomic mass is 32.2. The highest BCUT2D eigenvalue weighted by molar-refractivity contribution is 8.00. The van der Waals surface area contributed by atoms with E-state index in [1.807, 2.05) is 6.07 Å². The lowest BCUT2D eigenvalue weighted by atomic mass is 10.1. The summed E-state index contributed by atoms with van der Waals surface area (Å²) in [6.45, 7) is 1.73. The van der Waals surface area contributed by atoms with Crippen LogP contribution in [0.25, 0.3) is 0 Å². The molecule has 9 heteroatoms. The zero-order chi connectivity index (χ0) is 23.6. The molecule has 0 radical (unpaired) electrons. The van der Waals surface area contributed by atoms with Gasteiger partial charge in [0, 0.05) is 22.9 Å². The van der Waals surface area contributed by atoms with E-state index in [2.05, 4.69) is 27.6 Å². The summed E-state index contributed by atoms with van der Waals surface area (Å²) in [4.78, 5) is 35.7. The van der Waals surface area contributed by atoms with Crippen LogP contribution in [0.3, 0.4) is 0 Å². The van der Waals surface area contributed by atoms with E-state index in [9.17, 15) is 14.4 Å². The summed E-state index contributed by atoms with van der Waals surface area (Å²) < 4.78 is 9.60. The zero-order valence-corrected chi connectivity index (χ0v) is 18.8. The van der Waals surface area contributed by atoms with Crippen LogP contribution in [0.15, 0.2) is 59.1 Å². The number of carbonyl (C=O) groups is 3. The van der Waals surface area contributed by atoms with Crippen LogP contribution in [0.2, 0.25) is 0 Å². The van der Waals surface area contributed by atoms with Crippen molar-refractivity contribution < 1.29 is 23.6 Å². The number of amides is 2. The number of ether oxygens (including phenoxy) is 1. The Morgan fingerprint density at radius 3 is 2.30 bits per heavy atom. The molecule has 0 saturated heterocycles. The number of anilines is 2. The van der Waals surface area contributed by atoms with Gasteiger partial charge in [-0.15, -0.1) is 11.8 Å². The van der Waals surface area contributed by atoms with Crippen molar-refractivity contribution in [3.05, 3.63) is 77.0 Å². The van der Waals surface area contributed by atoms with Gasteiger partial charge in [0.05, 0.1) is 24.2 Å². The van der Waals surface area contributed by atoms with Gasteiger partial charge in [-0.25, -0.2) is 4.79 Å². The number of methoxy groups -OCH3 is 1. The lowest BCUT2D eigenvalue weighted by Gasteiger charge is -2.05. The van der Waals surface area contributed by atoms with Gasteiger partial charge in [0.2, 0.25) is 11.8 Å². The number of rotatable bonds is 7. The van der Waals surface area contributed by atoms with Crippen molar-refractivity contribution in [3.8, 4) is 11.8 Å². The van der Waals surface area contributed by atoms with Crippen molar-refractivity contribution in [1.82, 2.24) is 5.16 Å². The molecule has 3 rings (SSSR count). The van der Waals surface area contributed by atoms with E-state index >= 15 is 0 Å². The molecule has 0 fully saturated rings. The minimum atomic E-state index is -0.424. The van der Waals surface area contributed by atoms with Gasteiger partial charge in [0.1, 0.15) is 5.76 Å².